The molecule has 0 aromatic heterocycles. The average molecular weight is 282 g/mol. The molecular weight excluding hydrogens is 256 g/mol. The quantitative estimate of drug-likeness (QED) is 0.847. The number of carbonyl (C=O) groups excluding carboxylic acids is 1. The van der Waals surface area contributed by atoms with Gasteiger partial charge in [-0.05, 0) is 44.1 Å². The number of carbonyl (C=O) groups is 2. The Hall–Kier alpha value is -1.10. The van der Waals surface area contributed by atoms with E-state index in [1.165, 1.54) is 0 Å². The number of nitrogens with zero attached hydrogens (tertiary/aromatic N) is 2. The fourth-order valence-electron chi connectivity index (χ4n) is 3.26. The largest absolute Gasteiger partial charge is 0.481 e. The Morgan fingerprint density at radius 1 is 1.15 bits per heavy atom. The van der Waals surface area contributed by atoms with Gasteiger partial charge in [0, 0.05) is 26.1 Å². The number of amides is 1. The zero-order chi connectivity index (χ0) is 14.5. The van der Waals surface area contributed by atoms with Crippen LogP contribution in [0.25, 0.3) is 0 Å². The Balaban J connectivity index is 1.77. The highest BCUT2D eigenvalue weighted by Crippen LogP contribution is 2.20. The van der Waals surface area contributed by atoms with Crippen molar-refractivity contribution < 1.29 is 14.7 Å². The van der Waals surface area contributed by atoms with Gasteiger partial charge in [0.25, 0.3) is 0 Å². The standard InChI is InChI=1S/C15H26N2O3/c1-12-4-7-17(8-5-12)14(18)11-16-6-2-3-13(10-16)9-15(19)20/h12-13H,2-11H2,1H3,(H,19,20). The minimum Gasteiger partial charge on any atom is -0.481 e. The minimum absolute atomic E-state index is 0.204. The number of carboxylic acid groups (broad SMARTS) is 1. The first kappa shape index (κ1) is 15.3. The molecule has 2 aliphatic heterocycles. The molecule has 1 unspecified atom stereocenters. The smallest absolute Gasteiger partial charge is 0.303 e. The lowest BCUT2D eigenvalue weighted by Crippen LogP contribution is -2.46. The summed E-state index contributed by atoms with van der Waals surface area (Å²) in [5, 5.41) is 8.87. The van der Waals surface area contributed by atoms with Crippen LogP contribution in [0.3, 0.4) is 0 Å². The molecule has 0 aromatic carbocycles. The van der Waals surface area contributed by atoms with Crippen LogP contribution in [-0.4, -0.2) is 59.5 Å². The second kappa shape index (κ2) is 7.07. The van der Waals surface area contributed by atoms with Gasteiger partial charge in [0.05, 0.1) is 6.54 Å². The van der Waals surface area contributed by atoms with Crippen LogP contribution in [0.15, 0.2) is 0 Å². The predicted octanol–water partition coefficient (Wildman–Crippen LogP) is 1.43. The molecule has 1 N–H and O–H groups in total. The van der Waals surface area contributed by atoms with Crippen LogP contribution in [0, 0.1) is 11.8 Å². The Bertz CT molecular complexity index is 351. The molecule has 0 radical (unpaired) electrons. The fourth-order valence-corrected chi connectivity index (χ4v) is 3.26. The van der Waals surface area contributed by atoms with E-state index in [-0.39, 0.29) is 18.2 Å². The molecule has 0 saturated carbocycles. The molecule has 2 aliphatic rings. The van der Waals surface area contributed by atoms with Crippen LogP contribution in [0.1, 0.15) is 39.0 Å². The predicted molar refractivity (Wildman–Crippen MR) is 76.4 cm³/mol. The first-order chi connectivity index (χ1) is 9.54. The van der Waals surface area contributed by atoms with Gasteiger partial charge >= 0.3 is 5.97 Å². The first-order valence-corrected chi connectivity index (χ1v) is 7.76. The molecule has 114 valence electrons. The van der Waals surface area contributed by atoms with Gasteiger partial charge in [0.2, 0.25) is 5.91 Å². The van der Waals surface area contributed by atoms with Crippen LogP contribution < -0.4 is 0 Å². The van der Waals surface area contributed by atoms with E-state index in [4.69, 9.17) is 5.11 Å². The fraction of sp³-hybridized carbons (Fsp3) is 0.867. The normalized spacial score (nSPS) is 25.6. The van der Waals surface area contributed by atoms with Crippen molar-refractivity contribution in [3.63, 3.8) is 0 Å². The van der Waals surface area contributed by atoms with E-state index < -0.39 is 5.97 Å². The molecule has 1 atom stereocenters. The third-order valence-corrected chi connectivity index (χ3v) is 4.56. The van der Waals surface area contributed by atoms with Gasteiger partial charge in [-0.3, -0.25) is 14.5 Å². The highest BCUT2D eigenvalue weighted by molar-refractivity contribution is 5.78. The maximum atomic E-state index is 12.3. The van der Waals surface area contributed by atoms with Crippen molar-refractivity contribution >= 4 is 11.9 Å². The van der Waals surface area contributed by atoms with Gasteiger partial charge < -0.3 is 10.0 Å². The summed E-state index contributed by atoms with van der Waals surface area (Å²) in [6, 6.07) is 0. The number of hydrogen-bond acceptors (Lipinski definition) is 3. The zero-order valence-corrected chi connectivity index (χ0v) is 12.4. The van der Waals surface area contributed by atoms with Crippen LogP contribution in [-0.2, 0) is 9.59 Å². The van der Waals surface area contributed by atoms with Crippen molar-refractivity contribution in [3.05, 3.63) is 0 Å². The number of likely N-dealkylation sites (tertiary alicyclic amines) is 2. The molecule has 2 heterocycles. The van der Waals surface area contributed by atoms with Crippen molar-refractivity contribution in [2.24, 2.45) is 11.8 Å². The van der Waals surface area contributed by atoms with Crippen molar-refractivity contribution in [3.8, 4) is 0 Å². The summed E-state index contributed by atoms with van der Waals surface area (Å²) in [4.78, 5) is 27.2. The maximum absolute atomic E-state index is 12.3. The topological polar surface area (TPSA) is 60.9 Å². The van der Waals surface area contributed by atoms with Crippen LogP contribution in [0.5, 0.6) is 0 Å². The summed E-state index contributed by atoms with van der Waals surface area (Å²) in [5.41, 5.74) is 0. The molecule has 2 rings (SSSR count). The Morgan fingerprint density at radius 3 is 2.50 bits per heavy atom. The first-order valence-electron chi connectivity index (χ1n) is 7.76. The second-order valence-electron chi connectivity index (χ2n) is 6.40. The van der Waals surface area contributed by atoms with Gasteiger partial charge in [-0.1, -0.05) is 6.92 Å². The van der Waals surface area contributed by atoms with Crippen molar-refractivity contribution in [1.29, 1.82) is 0 Å². The van der Waals surface area contributed by atoms with E-state index in [0.717, 1.165) is 57.8 Å². The molecule has 2 saturated heterocycles. The summed E-state index contributed by atoms with van der Waals surface area (Å²) in [6.07, 6.45) is 4.41. The summed E-state index contributed by atoms with van der Waals surface area (Å²) in [7, 11) is 0. The molecule has 5 heteroatoms. The highest BCUT2D eigenvalue weighted by Gasteiger charge is 2.26. The number of rotatable bonds is 4. The van der Waals surface area contributed by atoms with Crippen LogP contribution in [0.2, 0.25) is 0 Å². The van der Waals surface area contributed by atoms with E-state index in [1.54, 1.807) is 0 Å². The number of piperidine rings is 2. The SMILES string of the molecule is CC1CCN(C(=O)CN2CCCC(CC(=O)O)C2)CC1. The minimum atomic E-state index is -0.729. The molecule has 0 aromatic rings. The molecular formula is C15H26N2O3. The van der Waals surface area contributed by atoms with E-state index in [0.29, 0.717) is 6.54 Å². The van der Waals surface area contributed by atoms with Gasteiger partial charge in [-0.25, -0.2) is 0 Å². The lowest BCUT2D eigenvalue weighted by atomic mass is 9.95. The summed E-state index contributed by atoms with van der Waals surface area (Å²) in [6.45, 7) is 6.14. The van der Waals surface area contributed by atoms with E-state index in [9.17, 15) is 9.59 Å². The van der Waals surface area contributed by atoms with Gasteiger partial charge in [0.15, 0.2) is 0 Å². The molecule has 5 nitrogen and oxygen atoms in total. The Morgan fingerprint density at radius 2 is 1.85 bits per heavy atom. The van der Waals surface area contributed by atoms with E-state index >= 15 is 0 Å². The van der Waals surface area contributed by atoms with Crippen molar-refractivity contribution in [2.75, 3.05) is 32.7 Å². The molecule has 0 bridgehead atoms. The highest BCUT2D eigenvalue weighted by atomic mass is 16.4. The van der Waals surface area contributed by atoms with Gasteiger partial charge in [0.1, 0.15) is 0 Å². The lowest BCUT2D eigenvalue weighted by Gasteiger charge is -2.35. The third-order valence-electron chi connectivity index (χ3n) is 4.56. The molecule has 0 spiro atoms. The molecule has 1 amide bonds. The summed E-state index contributed by atoms with van der Waals surface area (Å²) < 4.78 is 0. The maximum Gasteiger partial charge on any atom is 0.303 e. The van der Waals surface area contributed by atoms with Crippen molar-refractivity contribution in [2.45, 2.75) is 39.0 Å². The van der Waals surface area contributed by atoms with Crippen molar-refractivity contribution in [1.82, 2.24) is 9.80 Å². The lowest BCUT2D eigenvalue weighted by molar-refractivity contribution is -0.138. The van der Waals surface area contributed by atoms with E-state index in [1.807, 2.05) is 4.90 Å². The Kier molecular flexibility index (Phi) is 5.40. The average Bonchev–Trinajstić information content (AvgIpc) is 2.39. The van der Waals surface area contributed by atoms with Crippen LogP contribution >= 0.6 is 0 Å². The van der Waals surface area contributed by atoms with Gasteiger partial charge in [-0.15, -0.1) is 0 Å². The molecule has 0 aliphatic carbocycles. The molecule has 20 heavy (non-hydrogen) atoms. The van der Waals surface area contributed by atoms with Gasteiger partial charge in [-0.2, -0.15) is 0 Å². The number of hydrogen-bond donors (Lipinski definition) is 1. The summed E-state index contributed by atoms with van der Waals surface area (Å²) >= 11 is 0. The number of carboxylic acids is 1. The number of aliphatic carboxylic acids is 1. The van der Waals surface area contributed by atoms with Crippen LogP contribution in [0.4, 0.5) is 0 Å². The monoisotopic (exact) mass is 282 g/mol. The molecule has 2 fully saturated rings. The zero-order valence-electron chi connectivity index (χ0n) is 12.4. The second-order valence-corrected chi connectivity index (χ2v) is 6.40. The van der Waals surface area contributed by atoms with E-state index in [2.05, 4.69) is 11.8 Å². The third kappa shape index (κ3) is 4.47. The Labute approximate surface area is 120 Å². The summed E-state index contributed by atoms with van der Waals surface area (Å²) in [5.74, 6) is 0.422.